The van der Waals surface area contributed by atoms with Crippen molar-refractivity contribution in [2.24, 2.45) is 5.92 Å². The second-order valence-electron chi connectivity index (χ2n) is 6.23. The number of rotatable bonds is 1. The summed E-state index contributed by atoms with van der Waals surface area (Å²) in [5, 5.41) is 12.6. The Morgan fingerprint density at radius 2 is 2.14 bits per heavy atom. The van der Waals surface area contributed by atoms with Crippen LogP contribution in [-0.4, -0.2) is 17.7 Å². The van der Waals surface area contributed by atoms with Crippen LogP contribution in [-0.2, 0) is 6.54 Å². The Hall–Kier alpha value is -2.38. The minimum atomic E-state index is 0.0896. The van der Waals surface area contributed by atoms with E-state index in [2.05, 4.69) is 11.4 Å². The molecule has 4 nitrogen and oxygen atoms in total. The number of nitrogens with one attached hydrogen (secondary N) is 1. The summed E-state index contributed by atoms with van der Waals surface area (Å²) >= 11 is 0. The Morgan fingerprint density at radius 3 is 3.00 bits per heavy atom. The van der Waals surface area contributed by atoms with Gasteiger partial charge in [0.15, 0.2) is 0 Å². The second kappa shape index (κ2) is 5.11. The zero-order chi connectivity index (χ0) is 15.1. The van der Waals surface area contributed by atoms with Crippen molar-refractivity contribution in [1.82, 2.24) is 9.88 Å². The van der Waals surface area contributed by atoms with Crippen molar-refractivity contribution in [3.8, 4) is 17.2 Å². The summed E-state index contributed by atoms with van der Waals surface area (Å²) in [4.78, 5) is 12.3. The van der Waals surface area contributed by atoms with Crippen LogP contribution in [0.25, 0.3) is 11.1 Å². The van der Waals surface area contributed by atoms with Gasteiger partial charge in [0.25, 0.3) is 5.56 Å². The van der Waals surface area contributed by atoms with E-state index in [0.717, 1.165) is 42.9 Å². The quantitative estimate of drug-likeness (QED) is 0.875. The third-order valence-corrected chi connectivity index (χ3v) is 4.80. The van der Waals surface area contributed by atoms with E-state index < -0.39 is 0 Å². The van der Waals surface area contributed by atoms with Crippen molar-refractivity contribution in [3.63, 3.8) is 0 Å². The van der Waals surface area contributed by atoms with Crippen LogP contribution in [0.15, 0.2) is 41.2 Å². The first-order valence-electron chi connectivity index (χ1n) is 7.71. The molecule has 2 aliphatic heterocycles. The van der Waals surface area contributed by atoms with E-state index in [4.69, 9.17) is 5.26 Å². The second-order valence-corrected chi connectivity index (χ2v) is 6.23. The minimum absolute atomic E-state index is 0.0896. The summed E-state index contributed by atoms with van der Waals surface area (Å²) in [5.41, 5.74) is 3.98. The predicted molar refractivity (Wildman–Crippen MR) is 84.6 cm³/mol. The number of hydrogen-bond acceptors (Lipinski definition) is 3. The Bertz CT molecular complexity index is 831. The monoisotopic (exact) mass is 291 g/mol. The van der Waals surface area contributed by atoms with E-state index in [9.17, 15) is 4.79 Å². The van der Waals surface area contributed by atoms with Gasteiger partial charge in [-0.1, -0.05) is 12.1 Å². The average molecular weight is 291 g/mol. The molecule has 2 bridgehead atoms. The number of aromatic nitrogens is 1. The highest BCUT2D eigenvalue weighted by Gasteiger charge is 2.32. The van der Waals surface area contributed by atoms with Gasteiger partial charge in [0.05, 0.1) is 11.6 Å². The van der Waals surface area contributed by atoms with Gasteiger partial charge in [-0.3, -0.25) is 4.79 Å². The molecular weight excluding hydrogens is 274 g/mol. The lowest BCUT2D eigenvalue weighted by atomic mass is 9.81. The maximum absolute atomic E-state index is 12.3. The smallest absolute Gasteiger partial charge is 0.250 e. The zero-order valence-corrected chi connectivity index (χ0v) is 12.2. The van der Waals surface area contributed by atoms with Crippen molar-refractivity contribution >= 4 is 0 Å². The van der Waals surface area contributed by atoms with Crippen molar-refractivity contribution in [3.05, 3.63) is 58.0 Å². The number of nitrogens with zero attached hydrogens (tertiary/aromatic N) is 2. The van der Waals surface area contributed by atoms with Gasteiger partial charge in [-0.05, 0) is 42.6 Å². The van der Waals surface area contributed by atoms with Gasteiger partial charge in [0, 0.05) is 36.3 Å². The molecule has 2 aromatic rings. The van der Waals surface area contributed by atoms with E-state index >= 15 is 0 Å². The fraction of sp³-hybridized carbons (Fsp3) is 0.333. The van der Waals surface area contributed by atoms with Crippen LogP contribution in [0.2, 0.25) is 0 Å². The molecule has 0 aliphatic carbocycles. The molecule has 0 spiro atoms. The van der Waals surface area contributed by atoms with Crippen molar-refractivity contribution in [2.75, 3.05) is 13.1 Å². The van der Waals surface area contributed by atoms with Crippen molar-refractivity contribution in [1.29, 1.82) is 5.26 Å². The Balaban J connectivity index is 1.93. The molecule has 0 unspecified atom stereocenters. The molecule has 2 aliphatic rings. The summed E-state index contributed by atoms with van der Waals surface area (Å²) in [6, 6.07) is 13.4. The Morgan fingerprint density at radius 1 is 1.23 bits per heavy atom. The first-order chi connectivity index (χ1) is 10.8. The number of hydrogen-bond donors (Lipinski definition) is 1. The van der Waals surface area contributed by atoms with E-state index in [1.165, 1.54) is 0 Å². The molecular formula is C18H17N3O. The largest absolute Gasteiger partial charge is 0.316 e. The molecule has 1 saturated heterocycles. The summed E-state index contributed by atoms with van der Waals surface area (Å²) in [7, 11) is 0. The molecule has 4 rings (SSSR count). The average Bonchev–Trinajstić information content (AvgIpc) is 2.56. The van der Waals surface area contributed by atoms with Gasteiger partial charge < -0.3 is 9.88 Å². The van der Waals surface area contributed by atoms with E-state index in [0.29, 0.717) is 17.4 Å². The standard InChI is InChI=1S/C18H17N3O/c19-8-12-2-1-3-14(6-12)16-4-5-17(22)21-11-13-7-15(18(16)21)10-20-9-13/h1-6,13,15,20H,7,9-11H2/t13-,15+/m0/s1. The summed E-state index contributed by atoms with van der Waals surface area (Å²) in [6.07, 6.45) is 1.14. The molecule has 1 aromatic heterocycles. The molecule has 22 heavy (non-hydrogen) atoms. The third kappa shape index (κ3) is 2.06. The molecule has 1 fully saturated rings. The van der Waals surface area contributed by atoms with E-state index in [1.54, 1.807) is 6.07 Å². The van der Waals surface area contributed by atoms with Crippen LogP contribution >= 0.6 is 0 Å². The minimum Gasteiger partial charge on any atom is -0.316 e. The van der Waals surface area contributed by atoms with Crippen LogP contribution in [0.3, 0.4) is 0 Å². The van der Waals surface area contributed by atoms with E-state index in [1.807, 2.05) is 34.9 Å². The molecule has 0 radical (unpaired) electrons. The van der Waals surface area contributed by atoms with Crippen LogP contribution in [0, 0.1) is 17.2 Å². The molecule has 3 heterocycles. The zero-order valence-electron chi connectivity index (χ0n) is 12.2. The molecule has 0 amide bonds. The highest BCUT2D eigenvalue weighted by Crippen LogP contribution is 2.37. The lowest BCUT2D eigenvalue weighted by Gasteiger charge is -2.38. The van der Waals surface area contributed by atoms with Crippen LogP contribution in [0.1, 0.15) is 23.6 Å². The highest BCUT2D eigenvalue weighted by atomic mass is 16.1. The van der Waals surface area contributed by atoms with Gasteiger partial charge in [-0.2, -0.15) is 5.26 Å². The number of piperidine rings is 1. The molecule has 1 aromatic carbocycles. The summed E-state index contributed by atoms with van der Waals surface area (Å²) in [6.45, 7) is 2.71. The number of fused-ring (bicyclic) bond motifs is 4. The maximum atomic E-state index is 12.3. The first kappa shape index (κ1) is 13.3. The van der Waals surface area contributed by atoms with Crippen LogP contribution in [0.5, 0.6) is 0 Å². The van der Waals surface area contributed by atoms with Gasteiger partial charge in [-0.25, -0.2) is 0 Å². The Kier molecular flexibility index (Phi) is 3.09. The summed E-state index contributed by atoms with van der Waals surface area (Å²) in [5.74, 6) is 0.923. The summed E-state index contributed by atoms with van der Waals surface area (Å²) < 4.78 is 1.95. The first-order valence-corrected chi connectivity index (χ1v) is 7.71. The molecule has 1 N–H and O–H groups in total. The van der Waals surface area contributed by atoms with Crippen LogP contribution in [0.4, 0.5) is 0 Å². The molecule has 110 valence electrons. The van der Waals surface area contributed by atoms with Crippen LogP contribution < -0.4 is 10.9 Å². The SMILES string of the molecule is N#Cc1cccc(-c2ccc(=O)n3c2[C@H]2CNC[C@H](C2)C3)c1. The maximum Gasteiger partial charge on any atom is 0.250 e. The fourth-order valence-corrected chi connectivity index (χ4v) is 3.86. The number of nitriles is 1. The molecule has 2 atom stereocenters. The predicted octanol–water partition coefficient (Wildman–Crippen LogP) is 2.09. The third-order valence-electron chi connectivity index (χ3n) is 4.80. The van der Waals surface area contributed by atoms with Gasteiger partial charge in [-0.15, -0.1) is 0 Å². The lowest BCUT2D eigenvalue weighted by Crippen LogP contribution is -2.45. The van der Waals surface area contributed by atoms with Gasteiger partial charge in [0.2, 0.25) is 0 Å². The molecule has 4 heteroatoms. The number of pyridine rings is 1. The van der Waals surface area contributed by atoms with Gasteiger partial charge >= 0.3 is 0 Å². The van der Waals surface area contributed by atoms with Crippen molar-refractivity contribution in [2.45, 2.75) is 18.9 Å². The topological polar surface area (TPSA) is 57.8 Å². The number of benzene rings is 1. The van der Waals surface area contributed by atoms with Crippen molar-refractivity contribution < 1.29 is 0 Å². The Labute approximate surface area is 129 Å². The highest BCUT2D eigenvalue weighted by molar-refractivity contribution is 5.68. The normalized spacial score (nSPS) is 22.7. The fourth-order valence-electron chi connectivity index (χ4n) is 3.86. The van der Waals surface area contributed by atoms with Gasteiger partial charge in [0.1, 0.15) is 0 Å². The molecule has 0 saturated carbocycles. The van der Waals surface area contributed by atoms with E-state index in [-0.39, 0.29) is 5.56 Å². The lowest BCUT2D eigenvalue weighted by molar-refractivity contribution is 0.258.